The second-order valence-electron chi connectivity index (χ2n) is 29.5. The molecule has 610 valence electrons. The Morgan fingerprint density at radius 1 is 0.588 bits per heavy atom. The van der Waals surface area contributed by atoms with Gasteiger partial charge in [-0.3, -0.25) is 48.2 Å². The van der Waals surface area contributed by atoms with E-state index in [0.717, 1.165) is 22.0 Å². The van der Waals surface area contributed by atoms with Gasteiger partial charge in [-0.25, -0.2) is 9.69 Å². The van der Waals surface area contributed by atoms with Gasteiger partial charge in [-0.2, -0.15) is 0 Å². The minimum absolute atomic E-state index is 0.00884. The molecule has 8 heterocycles. The number of aliphatic hydroxyl groups excluding tert-OH is 8. The van der Waals surface area contributed by atoms with Gasteiger partial charge in [-0.15, -0.1) is 0 Å². The lowest BCUT2D eigenvalue weighted by molar-refractivity contribution is -0.242. The molecule has 4 fully saturated rings. The van der Waals surface area contributed by atoms with E-state index in [-0.39, 0.29) is 152 Å². The highest BCUT2D eigenvalue weighted by molar-refractivity contribution is 6.15. The minimum atomic E-state index is -1.73. The van der Waals surface area contributed by atoms with Crippen molar-refractivity contribution in [3.8, 4) is 28.7 Å². The number of ether oxygens (including phenoxy) is 10. The lowest BCUT2D eigenvalue weighted by Gasteiger charge is -2.35. The number of hydrogen-bond acceptors (Lipinski definition) is 28. The largest absolute Gasteiger partial charge is 0.493 e. The normalized spacial score (nSPS) is 25.3. The van der Waals surface area contributed by atoms with Crippen molar-refractivity contribution in [1.29, 1.82) is 0 Å². The second-order valence-corrected chi connectivity index (χ2v) is 29.5. The summed E-state index contributed by atoms with van der Waals surface area (Å²) in [6.45, 7) is 8.91. The quantitative estimate of drug-likeness (QED) is 0.0102. The summed E-state index contributed by atoms with van der Waals surface area (Å²) in [4.78, 5) is 134. The van der Waals surface area contributed by atoms with Gasteiger partial charge in [0.2, 0.25) is 12.6 Å². The van der Waals surface area contributed by atoms with Crippen molar-refractivity contribution in [2.75, 3.05) is 65.2 Å². The first-order chi connectivity index (χ1) is 54.7. The Morgan fingerprint density at radius 2 is 1.15 bits per heavy atom. The third-order valence-electron chi connectivity index (χ3n) is 21.4. The van der Waals surface area contributed by atoms with E-state index in [1.165, 1.54) is 72.6 Å². The van der Waals surface area contributed by atoms with Crippen LogP contribution in [0.25, 0.3) is 0 Å². The first kappa shape index (κ1) is 83.3. The van der Waals surface area contributed by atoms with E-state index in [0.29, 0.717) is 78.7 Å². The standard InChI is InChI=1S/C82H95N5O27/c1-43-28-56-71(95)70(79(103)109-39-46-18-20-63(113-80-74(98)72(96)61(91)41-110-80)52(31-46)58(88)15-8-6-9-16-60(90)55(33-48-14-12-24-83-48)86-68(93)22-23-69(86)94)49-34-65(45(3)30-50(49)76(100)84(56)37-43)107-26-10-7-11-27-108-67-36-54-51(35-66(67)106-5)77(101)85-38-44(2)29-57(85)78(102)87(54)82(104)112-40-47-19-21-64(53(32-47)59(89)17-13-25-105-4)114-81-75(99)73(97)62(92)42-111-81/h14,18-24,30-32,34-36,55-57,61-62,70-75,78,80-81,91-92,95-99,102H,1-2,6-13,15-17,25-29,33,37-42H2,3-5H3/t55-,56-,57-,61+,62+,70?,71?,72-,73-,74+,75+,78?,80-,81-/m0/s1. The van der Waals surface area contributed by atoms with Crippen LogP contribution in [0.5, 0.6) is 28.7 Å². The number of ketones is 3. The third kappa shape index (κ3) is 18.5. The van der Waals surface area contributed by atoms with Gasteiger partial charge in [-0.1, -0.05) is 48.9 Å². The summed E-state index contributed by atoms with van der Waals surface area (Å²) < 4.78 is 58.2. The van der Waals surface area contributed by atoms with Gasteiger partial charge in [0.05, 0.1) is 74.1 Å². The molecular formula is C82H95N5O27. The van der Waals surface area contributed by atoms with Crippen molar-refractivity contribution in [2.24, 2.45) is 4.99 Å². The number of esters is 1. The highest BCUT2D eigenvalue weighted by Crippen LogP contribution is 2.45. The molecule has 32 heteroatoms. The number of unbranched alkanes of at least 4 members (excludes halogenated alkanes) is 4. The number of aryl methyl sites for hydroxylation is 1. The number of fused-ring (bicyclic) bond motifs is 4. The predicted octanol–water partition coefficient (Wildman–Crippen LogP) is 4.84. The van der Waals surface area contributed by atoms with Gasteiger partial charge in [0, 0.05) is 94.6 Å². The lowest BCUT2D eigenvalue weighted by atomic mass is 9.86. The Kier molecular flexibility index (Phi) is 27.1. The summed E-state index contributed by atoms with van der Waals surface area (Å²) in [5, 5.41) is 86.8. The highest BCUT2D eigenvalue weighted by Gasteiger charge is 2.50. The van der Waals surface area contributed by atoms with E-state index in [1.54, 1.807) is 25.3 Å². The van der Waals surface area contributed by atoms with Crippen LogP contribution in [-0.2, 0) is 56.1 Å². The second kappa shape index (κ2) is 37.0. The van der Waals surface area contributed by atoms with Gasteiger partial charge in [0.15, 0.2) is 35.1 Å². The number of aliphatic imine (C=N–C) groups is 1. The molecule has 32 nitrogen and oxygen atoms in total. The van der Waals surface area contributed by atoms with E-state index < -0.39 is 153 Å². The fraction of sp³-hybridized carbons (Fsp3) is 0.488. The van der Waals surface area contributed by atoms with Crippen LogP contribution in [0.1, 0.15) is 159 Å². The molecule has 0 saturated carbocycles. The molecule has 114 heavy (non-hydrogen) atoms. The van der Waals surface area contributed by atoms with Gasteiger partial charge in [-0.05, 0) is 123 Å². The zero-order valence-electron chi connectivity index (χ0n) is 63.4. The van der Waals surface area contributed by atoms with E-state index in [4.69, 9.17) is 47.4 Å². The SMILES string of the molecule is C=C1C[C@H]2C(O)C(C(=O)OCc3ccc(O[C@@H]4OC[C@@H](O)[C@H](O)[C@H]4O)c(C(=O)CCCCCC(=O)[C@H](CC4=CCC=N4)N4C(=O)C=CC4=O)c3)c3cc(OCCCCCOc4cc5c(cc4OC)C(=O)N4CC(=C)C[C@H]4C(O)N5C(=O)OCc4ccc(O[C@@H]5OC[C@@H](O)[C@H](O)[C@H]5O)c(C(=O)CCCOC)c4)c(C)cc3C(=O)N2C1. The number of allylic oxidation sites excluding steroid dienone is 1. The molecule has 0 aromatic heterocycles. The first-order valence-electron chi connectivity index (χ1n) is 38.1. The molecule has 8 aliphatic heterocycles. The summed E-state index contributed by atoms with van der Waals surface area (Å²) in [7, 11) is 2.87. The smallest absolute Gasteiger partial charge is 0.416 e. The summed E-state index contributed by atoms with van der Waals surface area (Å²) in [6.07, 6.45) is -7.36. The zero-order valence-corrected chi connectivity index (χ0v) is 63.4. The van der Waals surface area contributed by atoms with E-state index in [2.05, 4.69) is 18.2 Å². The van der Waals surface area contributed by atoms with Crippen molar-refractivity contribution in [2.45, 2.75) is 196 Å². The molecule has 12 rings (SSSR count). The maximum atomic E-state index is 14.8. The molecule has 0 spiro atoms. The van der Waals surface area contributed by atoms with Crippen molar-refractivity contribution in [3.63, 3.8) is 0 Å². The maximum absolute atomic E-state index is 14.8. The predicted molar refractivity (Wildman–Crippen MR) is 402 cm³/mol. The van der Waals surface area contributed by atoms with Crippen LogP contribution >= 0.6 is 0 Å². The molecule has 5 amide bonds. The number of carbonyl (C=O) groups excluding carboxylic acids is 9. The number of aliphatic hydroxyl groups is 8. The molecule has 4 saturated heterocycles. The third-order valence-corrected chi connectivity index (χ3v) is 21.4. The molecule has 14 atom stereocenters. The van der Waals surface area contributed by atoms with E-state index in [9.17, 15) is 84.0 Å². The monoisotopic (exact) mass is 1580 g/mol. The van der Waals surface area contributed by atoms with Crippen LogP contribution in [0.15, 0.2) is 114 Å². The fourth-order valence-electron chi connectivity index (χ4n) is 15.3. The Labute approximate surface area is 656 Å². The molecule has 4 aromatic rings. The number of Topliss-reactive ketones (excluding diaryl/α,β-unsaturated/α-hetero) is 3. The van der Waals surface area contributed by atoms with Crippen LogP contribution in [0.4, 0.5) is 10.5 Å². The fourth-order valence-corrected chi connectivity index (χ4v) is 15.3. The number of rotatable bonds is 34. The van der Waals surface area contributed by atoms with Crippen LogP contribution in [0, 0.1) is 6.92 Å². The Bertz CT molecular complexity index is 4440. The highest BCUT2D eigenvalue weighted by atomic mass is 16.7. The molecular weight excluding hydrogens is 1490 g/mol. The number of amides is 5. The van der Waals surface area contributed by atoms with Gasteiger partial charge < -0.3 is 98.0 Å². The topological polar surface area (TPSA) is 433 Å². The lowest BCUT2D eigenvalue weighted by Crippen LogP contribution is -2.54. The maximum Gasteiger partial charge on any atom is 0.416 e. The van der Waals surface area contributed by atoms with E-state index >= 15 is 0 Å². The van der Waals surface area contributed by atoms with Crippen molar-refractivity contribution >= 4 is 64.9 Å². The molecule has 0 radical (unpaired) electrons. The van der Waals surface area contributed by atoms with Crippen molar-refractivity contribution < 1.29 is 131 Å². The van der Waals surface area contributed by atoms with Gasteiger partial charge in [0.25, 0.3) is 23.6 Å². The van der Waals surface area contributed by atoms with Crippen LogP contribution in [0.2, 0.25) is 0 Å². The van der Waals surface area contributed by atoms with E-state index in [1.807, 2.05) is 6.08 Å². The summed E-state index contributed by atoms with van der Waals surface area (Å²) >= 11 is 0. The average Bonchev–Trinajstić information content (AvgIpc) is 1.60. The minimum Gasteiger partial charge on any atom is -0.493 e. The van der Waals surface area contributed by atoms with Crippen LogP contribution in [-0.4, -0.2) is 255 Å². The van der Waals surface area contributed by atoms with Crippen LogP contribution < -0.4 is 28.6 Å². The number of carbonyl (C=O) groups is 9. The molecule has 4 aromatic carbocycles. The number of imide groups is 1. The molecule has 0 bridgehead atoms. The number of nitrogens with zero attached hydrogens (tertiary/aromatic N) is 5. The molecule has 0 aliphatic carbocycles. The van der Waals surface area contributed by atoms with Crippen molar-refractivity contribution in [3.05, 3.63) is 153 Å². The number of benzene rings is 4. The van der Waals surface area contributed by atoms with Crippen LogP contribution in [0.3, 0.4) is 0 Å². The average molecular weight is 1580 g/mol. The van der Waals surface area contributed by atoms with Gasteiger partial charge in [0.1, 0.15) is 79.0 Å². The summed E-state index contributed by atoms with van der Waals surface area (Å²) in [6, 6.07) is 11.8. The summed E-state index contributed by atoms with van der Waals surface area (Å²) in [5.41, 5.74) is 3.23. The number of methoxy groups -OCH3 is 2. The zero-order chi connectivity index (χ0) is 81.3. The number of hydrogen-bond donors (Lipinski definition) is 8. The Morgan fingerprint density at radius 3 is 1.75 bits per heavy atom. The Balaban J connectivity index is 0.699. The summed E-state index contributed by atoms with van der Waals surface area (Å²) in [5.74, 6) is -5.28. The first-order valence-corrected chi connectivity index (χ1v) is 38.1. The number of anilines is 1. The Hall–Kier alpha value is -10.1. The van der Waals surface area contributed by atoms with Crippen molar-refractivity contribution in [1.82, 2.24) is 14.7 Å². The molecule has 8 N–H and O–H groups in total. The van der Waals surface area contributed by atoms with Gasteiger partial charge >= 0.3 is 12.1 Å². The molecule has 3 unspecified atom stereocenters. The molecule has 8 aliphatic rings.